The highest BCUT2D eigenvalue weighted by Gasteiger charge is 2.33. The Hall–Kier alpha value is -3.95. The molecule has 0 saturated carbocycles. The third kappa shape index (κ3) is 4.50. The Morgan fingerprint density at radius 3 is 2.72 bits per heavy atom. The zero-order valence-electron chi connectivity index (χ0n) is 20.2. The third-order valence-electron chi connectivity index (χ3n) is 6.67. The summed E-state index contributed by atoms with van der Waals surface area (Å²) in [6, 6.07) is 9.92. The maximum Gasteiger partial charge on any atom is 0.255 e. The van der Waals surface area contributed by atoms with E-state index in [4.69, 9.17) is 14.0 Å². The Morgan fingerprint density at radius 2 is 2.00 bits per heavy atom. The largest absolute Gasteiger partial charge is 0.493 e. The average Bonchev–Trinajstić information content (AvgIpc) is 3.51. The number of nitrogens with zero attached hydrogens (tertiary/aromatic N) is 4. The molecule has 3 heterocycles. The van der Waals surface area contributed by atoms with Crippen molar-refractivity contribution in [1.29, 1.82) is 0 Å². The fraction of sp³-hybridized carbons (Fsp3) is 0.385. The van der Waals surface area contributed by atoms with Crippen molar-refractivity contribution >= 4 is 11.8 Å². The molecule has 2 aliphatic rings. The lowest BCUT2D eigenvalue weighted by atomic mass is 9.96. The number of hydrogen-bond acceptors (Lipinski definition) is 7. The number of benzene rings is 2. The van der Waals surface area contributed by atoms with Crippen LogP contribution in [0.25, 0.3) is 11.4 Å². The zero-order valence-corrected chi connectivity index (χ0v) is 20.2. The van der Waals surface area contributed by atoms with E-state index in [1.54, 1.807) is 18.1 Å². The maximum atomic E-state index is 14.0. The quantitative estimate of drug-likeness (QED) is 0.495. The summed E-state index contributed by atoms with van der Waals surface area (Å²) >= 11 is 0. The highest BCUT2D eigenvalue weighted by atomic mass is 19.1. The fourth-order valence-corrected chi connectivity index (χ4v) is 4.72. The monoisotopic (exact) mass is 494 g/mol. The smallest absolute Gasteiger partial charge is 0.255 e. The van der Waals surface area contributed by atoms with Gasteiger partial charge in [0.1, 0.15) is 12.4 Å². The second-order valence-electron chi connectivity index (χ2n) is 8.84. The lowest BCUT2D eigenvalue weighted by Crippen LogP contribution is -2.44. The van der Waals surface area contributed by atoms with Gasteiger partial charge in [-0.25, -0.2) is 4.39 Å². The Kier molecular flexibility index (Phi) is 6.58. The molecular weight excluding hydrogens is 467 g/mol. The number of hydrogen-bond donors (Lipinski definition) is 0. The van der Waals surface area contributed by atoms with Gasteiger partial charge in [-0.05, 0) is 50.1 Å². The minimum absolute atomic E-state index is 0.0339. The molecule has 5 rings (SSSR count). The van der Waals surface area contributed by atoms with Gasteiger partial charge in [0.15, 0.2) is 11.5 Å². The van der Waals surface area contributed by atoms with E-state index in [2.05, 4.69) is 10.1 Å². The fourth-order valence-electron chi connectivity index (χ4n) is 4.72. The molecule has 0 atom stereocenters. The number of fused-ring (bicyclic) bond motifs is 1. The van der Waals surface area contributed by atoms with Gasteiger partial charge in [-0.2, -0.15) is 4.98 Å². The molecule has 1 fully saturated rings. The molecule has 3 aromatic rings. The first-order valence-electron chi connectivity index (χ1n) is 12.0. The van der Waals surface area contributed by atoms with Crippen molar-refractivity contribution in [3.63, 3.8) is 0 Å². The predicted molar refractivity (Wildman–Crippen MR) is 127 cm³/mol. The van der Waals surface area contributed by atoms with Crippen LogP contribution < -0.4 is 9.47 Å². The predicted octanol–water partition coefficient (Wildman–Crippen LogP) is 3.65. The van der Waals surface area contributed by atoms with Crippen molar-refractivity contribution in [3.05, 3.63) is 59.2 Å². The highest BCUT2D eigenvalue weighted by Crippen LogP contribution is 2.33. The molecule has 36 heavy (non-hydrogen) atoms. The molecule has 2 aromatic carbocycles. The van der Waals surface area contributed by atoms with Gasteiger partial charge in [0.25, 0.3) is 5.91 Å². The molecule has 9 nitrogen and oxygen atoms in total. The van der Waals surface area contributed by atoms with Crippen LogP contribution in [0.4, 0.5) is 4.39 Å². The number of aromatic nitrogens is 2. The van der Waals surface area contributed by atoms with Gasteiger partial charge in [0.2, 0.25) is 17.6 Å². The van der Waals surface area contributed by atoms with E-state index >= 15 is 0 Å². The Labute approximate surface area is 207 Å². The molecule has 1 aromatic heterocycles. The molecule has 2 aliphatic heterocycles. The van der Waals surface area contributed by atoms with Crippen LogP contribution in [0.3, 0.4) is 0 Å². The van der Waals surface area contributed by atoms with Crippen LogP contribution in [0, 0.1) is 5.82 Å². The van der Waals surface area contributed by atoms with E-state index in [0.29, 0.717) is 66.9 Å². The SMILES string of the molecule is CCOc1ccc(-c2noc(C3CCN(C(=O)CN4Cc5c(F)cccc5C4=O)CC3)n2)cc1OC. The van der Waals surface area contributed by atoms with E-state index < -0.39 is 5.82 Å². The summed E-state index contributed by atoms with van der Waals surface area (Å²) in [5.41, 5.74) is 1.44. The van der Waals surface area contributed by atoms with Crippen LogP contribution in [-0.4, -0.2) is 65.1 Å². The Bertz CT molecular complexity index is 1290. The van der Waals surface area contributed by atoms with Crippen molar-refractivity contribution in [2.45, 2.75) is 32.2 Å². The molecule has 0 spiro atoms. The van der Waals surface area contributed by atoms with Gasteiger partial charge in [0.05, 0.1) is 20.3 Å². The summed E-state index contributed by atoms with van der Waals surface area (Å²) in [6.45, 7) is 3.52. The summed E-state index contributed by atoms with van der Waals surface area (Å²) in [6.07, 6.45) is 1.34. The number of methoxy groups -OCH3 is 1. The first-order chi connectivity index (χ1) is 17.5. The van der Waals surface area contributed by atoms with Gasteiger partial charge < -0.3 is 23.8 Å². The van der Waals surface area contributed by atoms with Crippen LogP contribution in [0.2, 0.25) is 0 Å². The van der Waals surface area contributed by atoms with Crippen LogP contribution >= 0.6 is 0 Å². The van der Waals surface area contributed by atoms with Gasteiger partial charge >= 0.3 is 0 Å². The van der Waals surface area contributed by atoms with Crippen molar-refractivity contribution in [1.82, 2.24) is 19.9 Å². The molecular formula is C26H27FN4O5. The number of ether oxygens (including phenoxy) is 2. The van der Waals surface area contributed by atoms with E-state index in [1.165, 1.54) is 17.0 Å². The van der Waals surface area contributed by atoms with Gasteiger partial charge in [-0.1, -0.05) is 11.2 Å². The van der Waals surface area contributed by atoms with Gasteiger partial charge in [-0.3, -0.25) is 9.59 Å². The highest BCUT2D eigenvalue weighted by molar-refractivity contribution is 6.00. The summed E-state index contributed by atoms with van der Waals surface area (Å²) < 4.78 is 30.5. The normalized spacial score (nSPS) is 15.8. The molecule has 0 aliphatic carbocycles. The van der Waals surface area contributed by atoms with Crippen LogP contribution in [0.1, 0.15) is 47.5 Å². The number of carbonyl (C=O) groups excluding carboxylic acids is 2. The number of piperidine rings is 1. The molecule has 0 N–H and O–H groups in total. The number of carbonyl (C=O) groups is 2. The summed E-state index contributed by atoms with van der Waals surface area (Å²) in [4.78, 5) is 33.1. The van der Waals surface area contributed by atoms with Crippen molar-refractivity contribution in [2.75, 3.05) is 33.4 Å². The first-order valence-corrected chi connectivity index (χ1v) is 12.0. The molecule has 10 heteroatoms. The van der Waals surface area contributed by atoms with E-state index in [9.17, 15) is 14.0 Å². The molecule has 188 valence electrons. The Morgan fingerprint density at radius 1 is 1.19 bits per heavy atom. The Balaban J connectivity index is 1.18. The minimum Gasteiger partial charge on any atom is -0.493 e. The second-order valence-corrected chi connectivity index (χ2v) is 8.84. The number of halogens is 1. The first kappa shape index (κ1) is 23.8. The third-order valence-corrected chi connectivity index (χ3v) is 6.67. The molecule has 1 saturated heterocycles. The number of likely N-dealkylation sites (tertiary alicyclic amines) is 1. The zero-order chi connectivity index (χ0) is 25.2. The number of rotatable bonds is 7. The average molecular weight is 495 g/mol. The van der Waals surface area contributed by atoms with Crippen LogP contribution in [0.5, 0.6) is 11.5 Å². The van der Waals surface area contributed by atoms with Crippen LogP contribution in [0.15, 0.2) is 40.9 Å². The summed E-state index contributed by atoms with van der Waals surface area (Å²) in [7, 11) is 1.58. The summed E-state index contributed by atoms with van der Waals surface area (Å²) in [5.74, 6) is 1.39. The summed E-state index contributed by atoms with van der Waals surface area (Å²) in [5, 5.41) is 4.13. The number of amides is 2. The van der Waals surface area contributed by atoms with E-state index in [-0.39, 0.29) is 30.8 Å². The lowest BCUT2D eigenvalue weighted by molar-refractivity contribution is -0.133. The van der Waals surface area contributed by atoms with Gasteiger partial charge in [-0.15, -0.1) is 0 Å². The minimum atomic E-state index is -0.417. The molecule has 0 unspecified atom stereocenters. The maximum absolute atomic E-state index is 14.0. The topological polar surface area (TPSA) is 98.0 Å². The van der Waals surface area contributed by atoms with Crippen molar-refractivity contribution in [3.8, 4) is 22.9 Å². The van der Waals surface area contributed by atoms with Gasteiger partial charge in [0, 0.05) is 35.7 Å². The van der Waals surface area contributed by atoms with Crippen LogP contribution in [-0.2, 0) is 11.3 Å². The molecule has 0 bridgehead atoms. The van der Waals surface area contributed by atoms with Crippen molar-refractivity contribution in [2.24, 2.45) is 0 Å². The molecule has 0 radical (unpaired) electrons. The molecule has 2 amide bonds. The van der Waals surface area contributed by atoms with E-state index in [0.717, 1.165) is 5.56 Å². The van der Waals surface area contributed by atoms with Crippen molar-refractivity contribution < 1.29 is 28.0 Å². The van der Waals surface area contributed by atoms with E-state index in [1.807, 2.05) is 25.1 Å². The lowest BCUT2D eigenvalue weighted by Gasteiger charge is -2.31. The standard InChI is InChI=1S/C26H27FN4O5/c1-3-35-21-8-7-17(13-22(21)34-2)24-28-25(36-29-24)16-9-11-30(12-10-16)23(32)15-31-14-19-18(26(31)33)5-4-6-20(19)27/h4-8,13,16H,3,9-12,14-15H2,1-2H3. The second kappa shape index (κ2) is 9.96.